The molecule has 0 saturated heterocycles. The molecule has 0 amide bonds. The van der Waals surface area contributed by atoms with Crippen molar-refractivity contribution in [2.45, 2.75) is 13.3 Å². The van der Waals surface area contributed by atoms with Gasteiger partial charge in [0, 0.05) is 0 Å². The molecular weight excluding hydrogens is 292 g/mol. The van der Waals surface area contributed by atoms with Crippen LogP contribution in [0.3, 0.4) is 0 Å². The molecule has 0 saturated carbocycles. The number of rotatable bonds is 7. The van der Waals surface area contributed by atoms with Crippen LogP contribution >= 0.6 is 0 Å². The Balaban J connectivity index is 2.25. The molecule has 23 heavy (non-hydrogen) atoms. The van der Waals surface area contributed by atoms with E-state index in [1.54, 1.807) is 37.5 Å². The number of ether oxygens (including phenoxy) is 2. The first-order valence-electron chi connectivity index (χ1n) is 7.46. The molecule has 0 atom stereocenters. The van der Waals surface area contributed by atoms with E-state index in [9.17, 15) is 9.90 Å². The van der Waals surface area contributed by atoms with Crippen LogP contribution in [0.1, 0.15) is 24.5 Å². The summed E-state index contributed by atoms with van der Waals surface area (Å²) in [5.41, 5.74) is 1.67. The van der Waals surface area contributed by atoms with Gasteiger partial charge in [0.05, 0.1) is 19.3 Å². The third-order valence-electron chi connectivity index (χ3n) is 3.30. The summed E-state index contributed by atoms with van der Waals surface area (Å²) in [6.45, 7) is 2.71. The van der Waals surface area contributed by atoms with Crippen molar-refractivity contribution in [3.8, 4) is 11.5 Å². The highest BCUT2D eigenvalue weighted by molar-refractivity contribution is 6.20. The molecule has 0 bridgehead atoms. The Morgan fingerprint density at radius 1 is 1.04 bits per heavy atom. The van der Waals surface area contributed by atoms with E-state index in [2.05, 4.69) is 0 Å². The number of methoxy groups -OCH3 is 1. The number of carboxylic acids is 1. The van der Waals surface area contributed by atoms with Crippen LogP contribution in [0, 0.1) is 0 Å². The first kappa shape index (κ1) is 16.6. The molecule has 4 heteroatoms. The Morgan fingerprint density at radius 2 is 1.65 bits per heavy atom. The summed E-state index contributed by atoms with van der Waals surface area (Å²) in [7, 11) is 1.57. The quantitative estimate of drug-likeness (QED) is 0.617. The smallest absolute Gasteiger partial charge is 0.336 e. The summed E-state index contributed by atoms with van der Waals surface area (Å²) in [4.78, 5) is 11.5. The first-order chi connectivity index (χ1) is 11.1. The summed E-state index contributed by atoms with van der Waals surface area (Å²) in [5.74, 6) is 0.503. The van der Waals surface area contributed by atoms with E-state index >= 15 is 0 Å². The molecule has 2 rings (SSSR count). The molecule has 2 aromatic carbocycles. The predicted octanol–water partition coefficient (Wildman–Crippen LogP) is 4.11. The highest BCUT2D eigenvalue weighted by Gasteiger charge is 2.10. The molecule has 0 fully saturated rings. The molecule has 0 aromatic heterocycles. The van der Waals surface area contributed by atoms with Gasteiger partial charge < -0.3 is 14.6 Å². The van der Waals surface area contributed by atoms with E-state index < -0.39 is 5.97 Å². The van der Waals surface area contributed by atoms with Gasteiger partial charge in [0.2, 0.25) is 0 Å². The Kier molecular flexibility index (Phi) is 5.80. The maximum Gasteiger partial charge on any atom is 0.336 e. The summed E-state index contributed by atoms with van der Waals surface area (Å²) in [6.07, 6.45) is 2.59. The lowest BCUT2D eigenvalue weighted by Gasteiger charge is -2.06. The Hall–Kier alpha value is -2.75. The monoisotopic (exact) mass is 312 g/mol. The van der Waals surface area contributed by atoms with E-state index in [0.29, 0.717) is 17.9 Å². The second kappa shape index (κ2) is 8.03. The van der Waals surface area contributed by atoms with Crippen LogP contribution in [0.4, 0.5) is 0 Å². The van der Waals surface area contributed by atoms with Gasteiger partial charge in [0.15, 0.2) is 0 Å². The van der Waals surface area contributed by atoms with Gasteiger partial charge in [-0.25, -0.2) is 4.79 Å². The van der Waals surface area contributed by atoms with Crippen LogP contribution < -0.4 is 9.47 Å². The molecule has 2 aromatic rings. The maximum atomic E-state index is 11.5. The second-order valence-electron chi connectivity index (χ2n) is 5.01. The zero-order chi connectivity index (χ0) is 16.7. The van der Waals surface area contributed by atoms with Crippen LogP contribution in [-0.4, -0.2) is 24.8 Å². The van der Waals surface area contributed by atoms with Crippen molar-refractivity contribution in [3.05, 3.63) is 59.7 Å². The van der Waals surface area contributed by atoms with Crippen LogP contribution in [0.15, 0.2) is 48.5 Å². The average molecular weight is 312 g/mol. The highest BCUT2D eigenvalue weighted by atomic mass is 16.5. The molecule has 0 heterocycles. The topological polar surface area (TPSA) is 55.8 Å². The normalized spacial score (nSPS) is 11.1. The van der Waals surface area contributed by atoms with Gasteiger partial charge in [-0.3, -0.25) is 0 Å². The lowest BCUT2D eigenvalue weighted by molar-refractivity contribution is -0.130. The molecule has 0 spiro atoms. The van der Waals surface area contributed by atoms with Gasteiger partial charge in [-0.15, -0.1) is 0 Å². The standard InChI is InChI=1S/C19H20O4/c1-3-12-23-17-8-4-14(5-9-17)13-18(19(20)21)15-6-10-16(22-2)11-7-15/h4-11,13H,3,12H2,1-2H3,(H,20,21)/b18-13+. The minimum atomic E-state index is -0.971. The average Bonchev–Trinajstić information content (AvgIpc) is 2.59. The van der Waals surface area contributed by atoms with Gasteiger partial charge in [-0.1, -0.05) is 31.2 Å². The fraction of sp³-hybridized carbons (Fsp3) is 0.211. The minimum absolute atomic E-state index is 0.231. The van der Waals surface area contributed by atoms with E-state index in [1.807, 2.05) is 31.2 Å². The predicted molar refractivity (Wildman–Crippen MR) is 90.7 cm³/mol. The molecule has 4 nitrogen and oxygen atoms in total. The van der Waals surface area contributed by atoms with Crippen LogP contribution in [-0.2, 0) is 4.79 Å². The van der Waals surface area contributed by atoms with Crippen molar-refractivity contribution in [3.63, 3.8) is 0 Å². The fourth-order valence-corrected chi connectivity index (χ4v) is 2.09. The zero-order valence-electron chi connectivity index (χ0n) is 13.3. The van der Waals surface area contributed by atoms with E-state index in [4.69, 9.17) is 9.47 Å². The number of benzene rings is 2. The van der Waals surface area contributed by atoms with Crippen LogP contribution in [0.2, 0.25) is 0 Å². The molecule has 0 aliphatic rings. The van der Waals surface area contributed by atoms with Crippen molar-refractivity contribution >= 4 is 17.6 Å². The van der Waals surface area contributed by atoms with Crippen molar-refractivity contribution in [2.75, 3.05) is 13.7 Å². The number of carbonyl (C=O) groups is 1. The fourth-order valence-electron chi connectivity index (χ4n) is 2.09. The maximum absolute atomic E-state index is 11.5. The van der Waals surface area contributed by atoms with Crippen LogP contribution in [0.5, 0.6) is 11.5 Å². The van der Waals surface area contributed by atoms with Crippen molar-refractivity contribution in [1.29, 1.82) is 0 Å². The third-order valence-corrected chi connectivity index (χ3v) is 3.30. The molecule has 120 valence electrons. The van der Waals surface area contributed by atoms with Crippen molar-refractivity contribution < 1.29 is 19.4 Å². The number of aliphatic carboxylic acids is 1. The van der Waals surface area contributed by atoms with E-state index in [0.717, 1.165) is 17.7 Å². The van der Waals surface area contributed by atoms with Gasteiger partial charge in [0.25, 0.3) is 0 Å². The zero-order valence-corrected chi connectivity index (χ0v) is 13.3. The third kappa shape index (κ3) is 4.61. The summed E-state index contributed by atoms with van der Waals surface area (Å²) >= 11 is 0. The Bertz CT molecular complexity index is 670. The molecule has 0 aliphatic carbocycles. The molecule has 0 aliphatic heterocycles. The largest absolute Gasteiger partial charge is 0.497 e. The SMILES string of the molecule is CCCOc1ccc(/C=C(/C(=O)O)c2ccc(OC)cc2)cc1. The number of hydrogen-bond acceptors (Lipinski definition) is 3. The summed E-state index contributed by atoms with van der Waals surface area (Å²) in [5, 5.41) is 9.46. The molecule has 0 unspecified atom stereocenters. The molecule has 1 N–H and O–H groups in total. The molecular formula is C19H20O4. The lowest BCUT2D eigenvalue weighted by Crippen LogP contribution is -2.00. The minimum Gasteiger partial charge on any atom is -0.497 e. The van der Waals surface area contributed by atoms with Crippen LogP contribution in [0.25, 0.3) is 11.6 Å². The first-order valence-corrected chi connectivity index (χ1v) is 7.46. The lowest BCUT2D eigenvalue weighted by atomic mass is 10.0. The second-order valence-corrected chi connectivity index (χ2v) is 5.01. The highest BCUT2D eigenvalue weighted by Crippen LogP contribution is 2.22. The van der Waals surface area contributed by atoms with E-state index in [-0.39, 0.29) is 5.57 Å². The number of hydrogen-bond donors (Lipinski definition) is 1. The van der Waals surface area contributed by atoms with E-state index in [1.165, 1.54) is 0 Å². The molecule has 0 radical (unpaired) electrons. The number of carboxylic acid groups (broad SMARTS) is 1. The summed E-state index contributed by atoms with van der Waals surface area (Å²) in [6, 6.07) is 14.3. The van der Waals surface area contributed by atoms with Gasteiger partial charge in [-0.2, -0.15) is 0 Å². The van der Waals surface area contributed by atoms with Crippen molar-refractivity contribution in [1.82, 2.24) is 0 Å². The summed E-state index contributed by atoms with van der Waals surface area (Å²) < 4.78 is 10.6. The Morgan fingerprint density at radius 3 is 2.17 bits per heavy atom. The Labute approximate surface area is 136 Å². The van der Waals surface area contributed by atoms with Crippen molar-refractivity contribution in [2.24, 2.45) is 0 Å². The van der Waals surface area contributed by atoms with Gasteiger partial charge in [0.1, 0.15) is 11.5 Å². The van der Waals surface area contributed by atoms with Gasteiger partial charge in [-0.05, 0) is 47.9 Å². The van der Waals surface area contributed by atoms with Gasteiger partial charge >= 0.3 is 5.97 Å².